The minimum atomic E-state index is -0.492. The van der Waals surface area contributed by atoms with Crippen molar-refractivity contribution in [3.63, 3.8) is 0 Å². The SMILES string of the molecule is CSC[C@]12CC[C@@](C)(O)C[C@H]1CCC1[C@@H]3CC[C@H](C(=O)Cn4nnc5cccnc54)[C@@]3(C)CC[C@@H]12. The molecule has 35 heavy (non-hydrogen) atoms. The minimum Gasteiger partial charge on any atom is -0.390 e. The fraction of sp³-hybridized carbons (Fsp3) is 0.786. The molecule has 0 radical (unpaired) electrons. The summed E-state index contributed by atoms with van der Waals surface area (Å²) >= 11 is 2.02. The first kappa shape index (κ1) is 23.9. The minimum absolute atomic E-state index is 0.0929. The largest absolute Gasteiger partial charge is 0.390 e. The Labute approximate surface area is 213 Å². The van der Waals surface area contributed by atoms with Gasteiger partial charge in [0.25, 0.3) is 0 Å². The highest BCUT2D eigenvalue weighted by Gasteiger charge is 2.62. The Morgan fingerprint density at radius 2 is 2.00 bits per heavy atom. The predicted molar refractivity (Wildman–Crippen MR) is 139 cm³/mol. The summed E-state index contributed by atoms with van der Waals surface area (Å²) in [5.41, 5.74) is 1.43. The van der Waals surface area contributed by atoms with E-state index < -0.39 is 5.60 Å². The van der Waals surface area contributed by atoms with Crippen molar-refractivity contribution in [1.82, 2.24) is 20.0 Å². The standard InChI is InChI=1S/C28H40N4O2S/c1-26(34)12-13-28(17-35-3)18(15-26)6-7-19-20-8-9-22(27(20,2)11-10-21(19)28)24(33)16-32-25-23(30-31-32)5-4-14-29-25/h4-5,14,18-22,34H,6-13,15-17H2,1-3H3/t18-,19?,20+,21+,22-,26-,27+,28-/m1/s1. The van der Waals surface area contributed by atoms with Crippen molar-refractivity contribution in [3.05, 3.63) is 18.3 Å². The Balaban J connectivity index is 1.24. The number of pyridine rings is 1. The zero-order valence-corrected chi connectivity index (χ0v) is 22.3. The molecule has 0 spiro atoms. The topological polar surface area (TPSA) is 80.9 Å². The molecule has 7 heteroatoms. The molecule has 0 bridgehead atoms. The number of ketones is 1. The lowest BCUT2D eigenvalue weighted by atomic mass is 9.44. The van der Waals surface area contributed by atoms with Crippen LogP contribution in [0.4, 0.5) is 0 Å². The predicted octanol–water partition coefficient (Wildman–Crippen LogP) is 5.15. The molecule has 1 N–H and O–H groups in total. The van der Waals surface area contributed by atoms with Gasteiger partial charge in [-0.05, 0) is 123 Å². The highest BCUT2D eigenvalue weighted by Crippen LogP contribution is 2.68. The van der Waals surface area contributed by atoms with Gasteiger partial charge in [-0.2, -0.15) is 11.8 Å². The summed E-state index contributed by atoms with van der Waals surface area (Å²) in [7, 11) is 0. The zero-order chi connectivity index (χ0) is 24.4. The Morgan fingerprint density at radius 1 is 1.14 bits per heavy atom. The maximum atomic E-state index is 13.7. The fourth-order valence-corrected chi connectivity index (χ4v) is 10.6. The van der Waals surface area contributed by atoms with Gasteiger partial charge in [0.2, 0.25) is 0 Å². The number of fused-ring (bicyclic) bond motifs is 6. The van der Waals surface area contributed by atoms with Crippen LogP contribution in [0, 0.1) is 40.4 Å². The average molecular weight is 497 g/mol. The maximum absolute atomic E-state index is 13.7. The van der Waals surface area contributed by atoms with Gasteiger partial charge in [0.1, 0.15) is 12.1 Å². The molecular weight excluding hydrogens is 456 g/mol. The van der Waals surface area contributed by atoms with E-state index in [9.17, 15) is 9.90 Å². The number of aromatic nitrogens is 4. The number of Topliss-reactive ketones (excluding diaryl/α,β-unsaturated/α-hetero) is 1. The Bertz CT molecular complexity index is 1120. The van der Waals surface area contributed by atoms with Gasteiger partial charge in [-0.15, -0.1) is 5.10 Å². The number of hydrogen-bond acceptors (Lipinski definition) is 6. The summed E-state index contributed by atoms with van der Waals surface area (Å²) < 4.78 is 1.70. The number of carbonyl (C=O) groups excluding carboxylic acids is 1. The van der Waals surface area contributed by atoms with Crippen LogP contribution >= 0.6 is 11.8 Å². The van der Waals surface area contributed by atoms with Crippen molar-refractivity contribution in [2.45, 2.75) is 83.8 Å². The molecule has 0 aliphatic heterocycles. The molecule has 2 heterocycles. The highest BCUT2D eigenvalue weighted by atomic mass is 32.2. The second kappa shape index (κ2) is 8.54. The normalized spacial score (nSPS) is 42.9. The summed E-state index contributed by atoms with van der Waals surface area (Å²) in [6, 6.07) is 3.76. The Hall–Kier alpha value is -1.47. The van der Waals surface area contributed by atoms with Gasteiger partial charge in [-0.1, -0.05) is 12.1 Å². The van der Waals surface area contributed by atoms with E-state index in [1.165, 1.54) is 37.9 Å². The monoisotopic (exact) mass is 496 g/mol. The lowest BCUT2D eigenvalue weighted by Crippen LogP contribution is -2.58. The second-order valence-electron chi connectivity index (χ2n) is 12.8. The van der Waals surface area contributed by atoms with Crippen LogP contribution in [0.2, 0.25) is 0 Å². The summed E-state index contributed by atoms with van der Waals surface area (Å²) in [5.74, 6) is 4.42. The first-order valence-electron chi connectivity index (χ1n) is 13.7. The molecule has 190 valence electrons. The van der Waals surface area contributed by atoms with Gasteiger partial charge < -0.3 is 5.11 Å². The van der Waals surface area contributed by atoms with Crippen LogP contribution in [0.3, 0.4) is 0 Å². The molecule has 4 aliphatic carbocycles. The summed E-state index contributed by atoms with van der Waals surface area (Å²) in [6.07, 6.45) is 14.2. The molecule has 4 aliphatic rings. The van der Waals surface area contributed by atoms with Gasteiger partial charge in [0.05, 0.1) is 5.60 Å². The first-order chi connectivity index (χ1) is 16.8. The number of nitrogens with zero attached hydrogens (tertiary/aromatic N) is 4. The van der Waals surface area contributed by atoms with Crippen LogP contribution in [0.5, 0.6) is 0 Å². The van der Waals surface area contributed by atoms with Crippen LogP contribution in [0.1, 0.15) is 71.6 Å². The number of carbonyl (C=O) groups is 1. The highest BCUT2D eigenvalue weighted by molar-refractivity contribution is 7.98. The maximum Gasteiger partial charge on any atom is 0.178 e. The number of thioether (sulfide) groups is 1. The van der Waals surface area contributed by atoms with Crippen molar-refractivity contribution >= 4 is 28.7 Å². The van der Waals surface area contributed by atoms with E-state index in [0.717, 1.165) is 43.0 Å². The quantitative estimate of drug-likeness (QED) is 0.617. The lowest BCUT2D eigenvalue weighted by Gasteiger charge is -2.62. The first-order valence-corrected chi connectivity index (χ1v) is 15.0. The van der Waals surface area contributed by atoms with Crippen LogP contribution in [0.25, 0.3) is 11.2 Å². The van der Waals surface area contributed by atoms with Gasteiger partial charge in [-0.3, -0.25) is 4.79 Å². The molecule has 2 aromatic heterocycles. The summed E-state index contributed by atoms with van der Waals surface area (Å²) in [5, 5.41) is 19.3. The van der Waals surface area contributed by atoms with Gasteiger partial charge >= 0.3 is 0 Å². The van der Waals surface area contributed by atoms with Crippen molar-refractivity contribution < 1.29 is 9.90 Å². The lowest BCUT2D eigenvalue weighted by molar-refractivity contribution is -0.149. The van der Waals surface area contributed by atoms with E-state index in [-0.39, 0.29) is 17.9 Å². The van der Waals surface area contributed by atoms with Crippen molar-refractivity contribution in [1.29, 1.82) is 0 Å². The van der Waals surface area contributed by atoms with Crippen molar-refractivity contribution in [3.8, 4) is 0 Å². The van der Waals surface area contributed by atoms with Crippen LogP contribution in [-0.2, 0) is 11.3 Å². The summed E-state index contributed by atoms with van der Waals surface area (Å²) in [6.45, 7) is 4.77. The molecule has 4 saturated carbocycles. The van der Waals surface area contributed by atoms with Crippen LogP contribution in [0.15, 0.2) is 18.3 Å². The van der Waals surface area contributed by atoms with Gasteiger partial charge in [0.15, 0.2) is 11.4 Å². The van der Waals surface area contributed by atoms with Crippen molar-refractivity contribution in [2.75, 3.05) is 12.0 Å². The second-order valence-corrected chi connectivity index (χ2v) is 13.6. The van der Waals surface area contributed by atoms with E-state index in [1.54, 1.807) is 10.9 Å². The summed E-state index contributed by atoms with van der Waals surface area (Å²) in [4.78, 5) is 18.1. The third kappa shape index (κ3) is 3.70. The molecule has 0 amide bonds. The third-order valence-electron chi connectivity index (χ3n) is 11.0. The van der Waals surface area contributed by atoms with E-state index in [1.807, 2.05) is 23.9 Å². The van der Waals surface area contributed by atoms with Crippen molar-refractivity contribution in [2.24, 2.45) is 40.4 Å². The molecule has 0 aromatic carbocycles. The Morgan fingerprint density at radius 3 is 2.83 bits per heavy atom. The molecule has 0 saturated heterocycles. The third-order valence-corrected chi connectivity index (χ3v) is 11.9. The van der Waals surface area contributed by atoms with E-state index in [0.29, 0.717) is 28.7 Å². The van der Waals surface area contributed by atoms with E-state index in [2.05, 4.69) is 35.4 Å². The number of hydrogen-bond donors (Lipinski definition) is 1. The Kier molecular flexibility index (Phi) is 5.83. The van der Waals surface area contributed by atoms with Crippen LogP contribution in [-0.4, -0.2) is 48.5 Å². The number of aliphatic hydroxyl groups is 1. The van der Waals surface area contributed by atoms with Gasteiger partial charge in [-0.25, -0.2) is 9.67 Å². The smallest absolute Gasteiger partial charge is 0.178 e. The molecule has 6 nitrogen and oxygen atoms in total. The molecular formula is C28H40N4O2S. The number of rotatable bonds is 5. The average Bonchev–Trinajstić information content (AvgIpc) is 3.40. The van der Waals surface area contributed by atoms with Crippen LogP contribution < -0.4 is 0 Å². The fourth-order valence-electron chi connectivity index (χ4n) is 9.49. The molecule has 2 aromatic rings. The molecule has 6 rings (SSSR count). The zero-order valence-electron chi connectivity index (χ0n) is 21.4. The molecule has 4 fully saturated rings. The molecule has 8 atom stereocenters. The molecule has 1 unspecified atom stereocenters. The van der Waals surface area contributed by atoms with E-state index >= 15 is 0 Å². The van der Waals surface area contributed by atoms with Gasteiger partial charge in [0, 0.05) is 12.1 Å². The van der Waals surface area contributed by atoms with E-state index in [4.69, 9.17) is 0 Å².